The molecule has 0 aromatic heterocycles. The number of anilines is 1. The molecule has 0 fully saturated rings. The average Bonchev–Trinajstić information content (AvgIpc) is 3.44. The van der Waals surface area contributed by atoms with E-state index in [-0.39, 0.29) is 50.6 Å². The van der Waals surface area contributed by atoms with Gasteiger partial charge in [0.15, 0.2) is 11.5 Å². The number of hydrogen-bond acceptors (Lipinski definition) is 7. The van der Waals surface area contributed by atoms with Crippen molar-refractivity contribution in [2.45, 2.75) is 51.7 Å². The van der Waals surface area contributed by atoms with Gasteiger partial charge in [-0.05, 0) is 55.7 Å². The summed E-state index contributed by atoms with van der Waals surface area (Å²) in [6.07, 6.45) is 1.71. The van der Waals surface area contributed by atoms with Crippen LogP contribution in [-0.2, 0) is 32.6 Å². The highest BCUT2D eigenvalue weighted by molar-refractivity contribution is 7.92. The van der Waals surface area contributed by atoms with E-state index < -0.39 is 16.1 Å². The molecule has 3 aromatic rings. The molecule has 2 amide bonds. The first kappa shape index (κ1) is 31.7. The van der Waals surface area contributed by atoms with Gasteiger partial charge in [-0.25, -0.2) is 8.42 Å². The van der Waals surface area contributed by atoms with Gasteiger partial charge in [0.05, 0.1) is 19.1 Å². The minimum atomic E-state index is -3.66. The van der Waals surface area contributed by atoms with Gasteiger partial charge in [0.2, 0.25) is 28.6 Å². The Hall–Kier alpha value is -4.25. The average molecular weight is 610 g/mol. The Morgan fingerprint density at radius 1 is 0.953 bits per heavy atom. The fraction of sp³-hybridized carbons (Fsp3) is 0.375. The minimum absolute atomic E-state index is 0.0286. The summed E-state index contributed by atoms with van der Waals surface area (Å²) in [4.78, 5) is 29.1. The van der Waals surface area contributed by atoms with Crippen molar-refractivity contribution in [3.8, 4) is 17.2 Å². The lowest BCUT2D eigenvalue weighted by atomic mass is 10.0. The van der Waals surface area contributed by atoms with E-state index in [1.807, 2.05) is 68.4 Å². The molecular formula is C32H39N3O7S. The molecule has 1 atom stereocenters. The van der Waals surface area contributed by atoms with Crippen molar-refractivity contribution >= 4 is 27.5 Å². The molecule has 1 N–H and O–H groups in total. The molecule has 3 aromatic carbocycles. The minimum Gasteiger partial charge on any atom is -0.497 e. The molecule has 0 aliphatic carbocycles. The first-order valence-electron chi connectivity index (χ1n) is 14.2. The molecule has 1 aliphatic rings. The highest BCUT2D eigenvalue weighted by Gasteiger charge is 2.31. The first-order valence-corrected chi connectivity index (χ1v) is 16.0. The second-order valence-electron chi connectivity index (χ2n) is 10.7. The van der Waals surface area contributed by atoms with Crippen molar-refractivity contribution in [1.29, 1.82) is 0 Å². The van der Waals surface area contributed by atoms with Gasteiger partial charge in [-0.1, -0.05) is 42.5 Å². The Bertz CT molecular complexity index is 1510. The van der Waals surface area contributed by atoms with E-state index in [0.29, 0.717) is 29.4 Å². The van der Waals surface area contributed by atoms with Crippen LogP contribution in [0.5, 0.6) is 17.2 Å². The smallest absolute Gasteiger partial charge is 0.243 e. The topological polar surface area (TPSA) is 114 Å². The molecule has 0 spiro atoms. The van der Waals surface area contributed by atoms with Gasteiger partial charge in [-0.3, -0.25) is 13.9 Å². The third-order valence-electron chi connectivity index (χ3n) is 6.99. The zero-order valence-corrected chi connectivity index (χ0v) is 25.8. The number of hydrogen-bond donors (Lipinski definition) is 1. The van der Waals surface area contributed by atoms with Gasteiger partial charge in [0, 0.05) is 38.0 Å². The van der Waals surface area contributed by atoms with Gasteiger partial charge >= 0.3 is 0 Å². The van der Waals surface area contributed by atoms with Gasteiger partial charge in [-0.15, -0.1) is 0 Å². The van der Waals surface area contributed by atoms with Crippen LogP contribution in [0.4, 0.5) is 5.69 Å². The van der Waals surface area contributed by atoms with Crippen molar-refractivity contribution in [3.05, 3.63) is 83.9 Å². The molecule has 11 heteroatoms. The molecule has 1 heterocycles. The Morgan fingerprint density at radius 2 is 1.67 bits per heavy atom. The van der Waals surface area contributed by atoms with Gasteiger partial charge < -0.3 is 24.4 Å². The van der Waals surface area contributed by atoms with Crippen molar-refractivity contribution in [2.24, 2.45) is 0 Å². The fourth-order valence-electron chi connectivity index (χ4n) is 4.95. The molecule has 230 valence electrons. The lowest BCUT2D eigenvalue weighted by Gasteiger charge is -2.32. The van der Waals surface area contributed by atoms with Crippen molar-refractivity contribution in [3.63, 3.8) is 0 Å². The van der Waals surface area contributed by atoms with Crippen molar-refractivity contribution < 1.29 is 32.2 Å². The maximum absolute atomic E-state index is 14.0. The van der Waals surface area contributed by atoms with Crippen LogP contribution in [-0.4, -0.2) is 63.9 Å². The summed E-state index contributed by atoms with van der Waals surface area (Å²) in [7, 11) is -2.09. The lowest BCUT2D eigenvalue weighted by molar-refractivity contribution is -0.141. The summed E-state index contributed by atoms with van der Waals surface area (Å²) in [5.74, 6) is 1.13. The zero-order valence-electron chi connectivity index (χ0n) is 25.0. The van der Waals surface area contributed by atoms with E-state index in [1.165, 1.54) is 4.31 Å². The van der Waals surface area contributed by atoms with Crippen LogP contribution in [0.3, 0.4) is 0 Å². The Balaban J connectivity index is 1.58. The summed E-state index contributed by atoms with van der Waals surface area (Å²) in [5, 5.41) is 2.98. The van der Waals surface area contributed by atoms with Crippen LogP contribution >= 0.6 is 0 Å². The molecule has 0 bridgehead atoms. The van der Waals surface area contributed by atoms with Crippen LogP contribution < -0.4 is 23.8 Å². The third-order valence-corrected chi connectivity index (χ3v) is 8.18. The van der Waals surface area contributed by atoms with Crippen LogP contribution in [0.1, 0.15) is 37.8 Å². The van der Waals surface area contributed by atoms with E-state index in [4.69, 9.17) is 14.2 Å². The van der Waals surface area contributed by atoms with E-state index in [2.05, 4.69) is 5.32 Å². The number of nitrogens with one attached hydrogen (secondary N) is 1. The summed E-state index contributed by atoms with van der Waals surface area (Å²) in [6, 6.07) is 21.0. The maximum Gasteiger partial charge on any atom is 0.243 e. The van der Waals surface area contributed by atoms with E-state index in [0.717, 1.165) is 17.4 Å². The van der Waals surface area contributed by atoms with Crippen LogP contribution in [0.2, 0.25) is 0 Å². The molecule has 4 rings (SSSR count). The quantitative estimate of drug-likeness (QED) is 0.292. The van der Waals surface area contributed by atoms with Crippen LogP contribution in [0.25, 0.3) is 0 Å². The largest absolute Gasteiger partial charge is 0.497 e. The highest BCUT2D eigenvalue weighted by Crippen LogP contribution is 2.36. The predicted molar refractivity (Wildman–Crippen MR) is 165 cm³/mol. The third kappa shape index (κ3) is 8.63. The number of carbonyl (C=O) groups is 2. The van der Waals surface area contributed by atoms with Gasteiger partial charge in [-0.2, -0.15) is 0 Å². The number of fused-ring (bicyclic) bond motifs is 1. The predicted octanol–water partition coefficient (Wildman–Crippen LogP) is 4.13. The van der Waals surface area contributed by atoms with Crippen LogP contribution in [0, 0.1) is 0 Å². The number of nitrogens with zero attached hydrogens (tertiary/aromatic N) is 2. The van der Waals surface area contributed by atoms with Crippen molar-refractivity contribution in [1.82, 2.24) is 10.2 Å². The monoisotopic (exact) mass is 609 g/mol. The maximum atomic E-state index is 14.0. The highest BCUT2D eigenvalue weighted by atomic mass is 32.2. The second-order valence-corrected chi connectivity index (χ2v) is 12.6. The van der Waals surface area contributed by atoms with E-state index in [9.17, 15) is 18.0 Å². The molecule has 0 saturated carbocycles. The number of amides is 2. The second kappa shape index (κ2) is 14.3. The zero-order chi connectivity index (χ0) is 31.0. The number of ether oxygens (including phenoxy) is 3. The standard InChI is InChI=1S/C32H39N3O7S/c1-23(2)33-32(37)28(19-24-10-6-5-7-11-24)34(21-25-12-8-13-27(18-25)40-3)31(36)14-9-17-35(43(4,38)39)26-15-16-29-30(20-26)42-22-41-29/h5-8,10-13,15-16,18,20,23,28H,9,14,17,19,21-22H2,1-4H3,(H,33,37)/t28-/m0/s1. The van der Waals surface area contributed by atoms with Crippen LogP contribution in [0.15, 0.2) is 72.8 Å². The summed E-state index contributed by atoms with van der Waals surface area (Å²) < 4.78 is 42.9. The van der Waals surface area contributed by atoms with Gasteiger partial charge in [0.1, 0.15) is 11.8 Å². The summed E-state index contributed by atoms with van der Waals surface area (Å²) >= 11 is 0. The Kier molecular flexibility index (Phi) is 10.5. The molecule has 1 aliphatic heterocycles. The molecule has 0 saturated heterocycles. The van der Waals surface area contributed by atoms with E-state index in [1.54, 1.807) is 30.2 Å². The SMILES string of the molecule is COc1cccc(CN(C(=O)CCCN(c2ccc3c(c2)OCO3)S(C)(=O)=O)[C@@H](Cc2ccccc2)C(=O)NC(C)C)c1. The molecule has 0 radical (unpaired) electrons. The number of rotatable bonds is 14. The Labute approximate surface area is 253 Å². The number of methoxy groups -OCH3 is 1. The lowest BCUT2D eigenvalue weighted by Crippen LogP contribution is -2.51. The van der Waals surface area contributed by atoms with Crippen molar-refractivity contribution in [2.75, 3.05) is 31.0 Å². The molecular weight excluding hydrogens is 570 g/mol. The fourth-order valence-corrected chi connectivity index (χ4v) is 5.90. The summed E-state index contributed by atoms with van der Waals surface area (Å²) in [5.41, 5.74) is 2.15. The molecule has 0 unspecified atom stereocenters. The van der Waals surface area contributed by atoms with Gasteiger partial charge in [0.25, 0.3) is 0 Å². The normalized spacial score (nSPS) is 13.0. The number of benzene rings is 3. The molecule has 43 heavy (non-hydrogen) atoms. The Morgan fingerprint density at radius 3 is 2.37 bits per heavy atom. The first-order chi connectivity index (χ1) is 20.5. The summed E-state index contributed by atoms with van der Waals surface area (Å²) in [6.45, 7) is 4.07. The van der Waals surface area contributed by atoms with E-state index >= 15 is 0 Å². The molecule has 10 nitrogen and oxygen atoms in total. The number of carbonyl (C=O) groups excluding carboxylic acids is 2. The number of sulfonamides is 1.